The molecule has 3 heteroatoms. The van der Waals surface area contributed by atoms with E-state index in [0.29, 0.717) is 19.0 Å². The number of phenolic OH excluding ortho intramolecular Hbond substituents is 1. The van der Waals surface area contributed by atoms with Crippen LogP contribution in [0.5, 0.6) is 11.5 Å². The first-order valence-corrected chi connectivity index (χ1v) is 5.65. The Morgan fingerprint density at radius 1 is 1.06 bits per heavy atom. The molecule has 0 aromatic heterocycles. The third-order valence-electron chi connectivity index (χ3n) is 2.58. The second-order valence-corrected chi connectivity index (χ2v) is 3.86. The summed E-state index contributed by atoms with van der Waals surface area (Å²) in [6.45, 7) is 1.20. The number of rotatable bonds is 5. The summed E-state index contributed by atoms with van der Waals surface area (Å²) in [5, 5.41) is 11.9. The predicted octanol–water partition coefficient (Wildman–Crippen LogP) is 2.96. The van der Waals surface area contributed by atoms with Crippen LogP contribution < -0.4 is 4.74 Å². The molecular weight excluding hydrogens is 216 g/mol. The molecule has 0 bridgehead atoms. The predicted molar refractivity (Wildman–Crippen MR) is 67.6 cm³/mol. The minimum absolute atomic E-state index is 0.182. The van der Waals surface area contributed by atoms with Crippen molar-refractivity contribution in [3.05, 3.63) is 36.4 Å². The van der Waals surface area contributed by atoms with E-state index in [-0.39, 0.29) is 5.75 Å². The summed E-state index contributed by atoms with van der Waals surface area (Å²) in [5.74, 6) is 0.709. The quantitative estimate of drug-likeness (QED) is 0.805. The average molecular weight is 232 g/mol. The molecule has 2 aromatic rings. The molecule has 1 N–H and O–H groups in total. The van der Waals surface area contributed by atoms with Gasteiger partial charge in [-0.25, -0.2) is 0 Å². The molecule has 0 saturated heterocycles. The van der Waals surface area contributed by atoms with E-state index in [1.807, 2.05) is 30.3 Å². The lowest BCUT2D eigenvalue weighted by atomic mass is 10.1. The second kappa shape index (κ2) is 5.55. The van der Waals surface area contributed by atoms with E-state index in [1.165, 1.54) is 0 Å². The Labute approximate surface area is 101 Å². The first-order chi connectivity index (χ1) is 8.31. The second-order valence-electron chi connectivity index (χ2n) is 3.86. The van der Waals surface area contributed by atoms with E-state index >= 15 is 0 Å². The van der Waals surface area contributed by atoms with Gasteiger partial charge in [0.1, 0.15) is 0 Å². The van der Waals surface area contributed by atoms with Crippen LogP contribution in [0.15, 0.2) is 36.4 Å². The van der Waals surface area contributed by atoms with Crippen molar-refractivity contribution in [2.24, 2.45) is 0 Å². The van der Waals surface area contributed by atoms with Gasteiger partial charge in [0.25, 0.3) is 0 Å². The number of hydrogen-bond donors (Lipinski definition) is 1. The van der Waals surface area contributed by atoms with Gasteiger partial charge in [0, 0.05) is 20.1 Å². The Kier molecular flexibility index (Phi) is 3.83. The van der Waals surface area contributed by atoms with Crippen molar-refractivity contribution in [3.63, 3.8) is 0 Å². The third kappa shape index (κ3) is 2.88. The largest absolute Gasteiger partial charge is 0.504 e. The van der Waals surface area contributed by atoms with Crippen LogP contribution in [0.25, 0.3) is 10.8 Å². The maximum atomic E-state index is 9.81. The summed E-state index contributed by atoms with van der Waals surface area (Å²) in [6, 6.07) is 11.5. The van der Waals surface area contributed by atoms with Gasteiger partial charge in [0.15, 0.2) is 11.5 Å². The Bertz CT molecular complexity index is 494. The average Bonchev–Trinajstić information content (AvgIpc) is 2.35. The number of benzene rings is 2. The van der Waals surface area contributed by atoms with E-state index in [4.69, 9.17) is 9.47 Å². The Morgan fingerprint density at radius 3 is 2.47 bits per heavy atom. The van der Waals surface area contributed by atoms with Gasteiger partial charge in [-0.2, -0.15) is 0 Å². The SMILES string of the molecule is COCCCOc1cc2ccccc2cc1O. The van der Waals surface area contributed by atoms with Gasteiger partial charge in [-0.3, -0.25) is 0 Å². The molecule has 2 rings (SSSR count). The fourth-order valence-corrected chi connectivity index (χ4v) is 1.71. The van der Waals surface area contributed by atoms with Crippen LogP contribution in [0.2, 0.25) is 0 Å². The number of aromatic hydroxyl groups is 1. The van der Waals surface area contributed by atoms with Crippen LogP contribution in [0.4, 0.5) is 0 Å². The van der Waals surface area contributed by atoms with Crippen LogP contribution in [-0.4, -0.2) is 25.4 Å². The van der Waals surface area contributed by atoms with Gasteiger partial charge in [-0.1, -0.05) is 24.3 Å². The summed E-state index contributed by atoms with van der Waals surface area (Å²) in [5.41, 5.74) is 0. The minimum Gasteiger partial charge on any atom is -0.504 e. The molecule has 0 amide bonds. The molecule has 0 heterocycles. The van der Waals surface area contributed by atoms with Gasteiger partial charge in [-0.05, 0) is 22.9 Å². The summed E-state index contributed by atoms with van der Waals surface area (Å²) in [6.07, 6.45) is 0.808. The first-order valence-electron chi connectivity index (χ1n) is 5.65. The van der Waals surface area contributed by atoms with Crippen LogP contribution in [0, 0.1) is 0 Å². The van der Waals surface area contributed by atoms with Crippen molar-refractivity contribution in [2.75, 3.05) is 20.3 Å². The highest BCUT2D eigenvalue weighted by Gasteiger charge is 2.04. The number of methoxy groups -OCH3 is 1. The van der Waals surface area contributed by atoms with Crippen LogP contribution in [0.3, 0.4) is 0 Å². The molecule has 3 nitrogen and oxygen atoms in total. The molecule has 0 unspecified atom stereocenters. The van der Waals surface area contributed by atoms with E-state index in [1.54, 1.807) is 13.2 Å². The summed E-state index contributed by atoms with van der Waals surface area (Å²) >= 11 is 0. The highest BCUT2D eigenvalue weighted by molar-refractivity contribution is 5.85. The zero-order valence-corrected chi connectivity index (χ0v) is 9.85. The zero-order chi connectivity index (χ0) is 12.1. The third-order valence-corrected chi connectivity index (χ3v) is 2.58. The molecule has 0 radical (unpaired) electrons. The highest BCUT2D eigenvalue weighted by Crippen LogP contribution is 2.31. The van der Waals surface area contributed by atoms with Crippen molar-refractivity contribution in [3.8, 4) is 11.5 Å². The van der Waals surface area contributed by atoms with E-state index in [9.17, 15) is 5.11 Å². The molecule has 0 aliphatic heterocycles. The van der Waals surface area contributed by atoms with Crippen molar-refractivity contribution in [1.82, 2.24) is 0 Å². The van der Waals surface area contributed by atoms with Crippen LogP contribution >= 0.6 is 0 Å². The lowest BCUT2D eigenvalue weighted by Crippen LogP contribution is -2.01. The molecule has 17 heavy (non-hydrogen) atoms. The monoisotopic (exact) mass is 232 g/mol. The maximum Gasteiger partial charge on any atom is 0.161 e. The topological polar surface area (TPSA) is 38.7 Å². The fourth-order valence-electron chi connectivity index (χ4n) is 1.71. The Balaban J connectivity index is 2.14. The number of hydrogen-bond acceptors (Lipinski definition) is 3. The summed E-state index contributed by atoms with van der Waals surface area (Å²) < 4.78 is 10.5. The molecular formula is C14H16O3. The smallest absolute Gasteiger partial charge is 0.161 e. The zero-order valence-electron chi connectivity index (χ0n) is 9.85. The lowest BCUT2D eigenvalue weighted by Gasteiger charge is -2.09. The number of ether oxygens (including phenoxy) is 2. The Morgan fingerprint density at radius 2 is 1.76 bits per heavy atom. The highest BCUT2D eigenvalue weighted by atomic mass is 16.5. The number of phenols is 1. The van der Waals surface area contributed by atoms with E-state index < -0.39 is 0 Å². The van der Waals surface area contributed by atoms with Gasteiger partial charge in [0.2, 0.25) is 0 Å². The van der Waals surface area contributed by atoms with Crippen LogP contribution in [-0.2, 0) is 4.74 Å². The Hall–Kier alpha value is -1.74. The van der Waals surface area contributed by atoms with E-state index in [0.717, 1.165) is 17.2 Å². The van der Waals surface area contributed by atoms with Crippen molar-refractivity contribution in [2.45, 2.75) is 6.42 Å². The van der Waals surface area contributed by atoms with Crippen molar-refractivity contribution >= 4 is 10.8 Å². The van der Waals surface area contributed by atoms with Gasteiger partial charge in [0.05, 0.1) is 6.61 Å². The first kappa shape index (κ1) is 11.7. The van der Waals surface area contributed by atoms with Gasteiger partial charge >= 0.3 is 0 Å². The van der Waals surface area contributed by atoms with Gasteiger partial charge in [-0.15, -0.1) is 0 Å². The lowest BCUT2D eigenvalue weighted by molar-refractivity contribution is 0.171. The fraction of sp³-hybridized carbons (Fsp3) is 0.286. The normalized spacial score (nSPS) is 10.6. The molecule has 0 aliphatic rings. The molecule has 0 spiro atoms. The number of fused-ring (bicyclic) bond motifs is 1. The van der Waals surface area contributed by atoms with Gasteiger partial charge < -0.3 is 14.6 Å². The molecule has 0 fully saturated rings. The maximum absolute atomic E-state index is 9.81. The molecule has 2 aromatic carbocycles. The molecule has 90 valence electrons. The molecule has 0 atom stereocenters. The van der Waals surface area contributed by atoms with Crippen molar-refractivity contribution < 1.29 is 14.6 Å². The molecule has 0 aliphatic carbocycles. The van der Waals surface area contributed by atoms with Crippen LogP contribution in [0.1, 0.15) is 6.42 Å². The van der Waals surface area contributed by atoms with E-state index in [2.05, 4.69) is 0 Å². The van der Waals surface area contributed by atoms with Crippen molar-refractivity contribution in [1.29, 1.82) is 0 Å². The standard InChI is InChI=1S/C14H16O3/c1-16-7-4-8-17-14-10-12-6-3-2-5-11(12)9-13(14)15/h2-3,5-6,9-10,15H,4,7-8H2,1H3. The molecule has 0 saturated carbocycles. The summed E-state index contributed by atoms with van der Waals surface area (Å²) in [4.78, 5) is 0. The minimum atomic E-state index is 0.182. The summed E-state index contributed by atoms with van der Waals surface area (Å²) in [7, 11) is 1.66.